The molecule has 4 heteroatoms. The van der Waals surface area contributed by atoms with E-state index in [-0.39, 0.29) is 0 Å². The standard InChI is InChI=1S/C12H16S4/c1(5-11-13-7-3-8-14-11)2-6-12-15-9-4-10-16-12/h1-2,5-6H,3-4,7-10H2/b2-1-. The quantitative estimate of drug-likeness (QED) is 0.703. The number of rotatable bonds is 2. The fraction of sp³-hybridized carbons (Fsp3) is 0.500. The van der Waals surface area contributed by atoms with Crippen LogP contribution in [0.4, 0.5) is 0 Å². The highest BCUT2D eigenvalue weighted by atomic mass is 32.2. The van der Waals surface area contributed by atoms with Gasteiger partial charge < -0.3 is 0 Å². The van der Waals surface area contributed by atoms with Crippen molar-refractivity contribution in [3.05, 3.63) is 32.8 Å². The third kappa shape index (κ3) is 4.86. The Morgan fingerprint density at radius 1 is 0.625 bits per heavy atom. The van der Waals surface area contributed by atoms with Gasteiger partial charge in [-0.05, 0) is 48.0 Å². The second-order valence-corrected chi connectivity index (χ2v) is 8.52. The lowest BCUT2D eigenvalue weighted by Crippen LogP contribution is -1.91. The highest BCUT2D eigenvalue weighted by molar-refractivity contribution is 8.23. The SMILES string of the molecule is C(/C=C\C=C1SCCCS1)=C1SCCCS1. The predicted octanol–water partition coefficient (Wildman–Crippen LogP) is 4.97. The number of hydrogen-bond donors (Lipinski definition) is 0. The molecule has 0 spiro atoms. The smallest absolute Gasteiger partial charge is 0.0400 e. The van der Waals surface area contributed by atoms with E-state index in [4.69, 9.17) is 0 Å². The Kier molecular flexibility index (Phi) is 6.41. The van der Waals surface area contributed by atoms with E-state index >= 15 is 0 Å². The first-order valence-electron chi connectivity index (χ1n) is 5.55. The number of allylic oxidation sites excluding steroid dienone is 4. The van der Waals surface area contributed by atoms with Gasteiger partial charge in [0.05, 0.1) is 0 Å². The van der Waals surface area contributed by atoms with Crippen LogP contribution in [0.2, 0.25) is 0 Å². The summed E-state index contributed by atoms with van der Waals surface area (Å²) in [6.45, 7) is 0. The Morgan fingerprint density at radius 2 is 1.00 bits per heavy atom. The van der Waals surface area contributed by atoms with Crippen LogP contribution in [-0.4, -0.2) is 23.0 Å². The van der Waals surface area contributed by atoms with Gasteiger partial charge in [-0.25, -0.2) is 0 Å². The zero-order valence-corrected chi connectivity index (χ0v) is 12.5. The Balaban J connectivity index is 1.79. The monoisotopic (exact) mass is 288 g/mol. The molecule has 0 atom stereocenters. The van der Waals surface area contributed by atoms with E-state index in [2.05, 4.69) is 24.3 Å². The minimum absolute atomic E-state index is 1.29. The summed E-state index contributed by atoms with van der Waals surface area (Å²) in [4.78, 5) is 0. The van der Waals surface area contributed by atoms with Gasteiger partial charge in [-0.3, -0.25) is 0 Å². The van der Waals surface area contributed by atoms with Gasteiger partial charge in [-0.2, -0.15) is 0 Å². The molecule has 0 aromatic carbocycles. The second kappa shape index (κ2) is 7.85. The summed E-state index contributed by atoms with van der Waals surface area (Å²) < 4.78 is 2.95. The first-order valence-corrected chi connectivity index (χ1v) is 9.49. The molecule has 2 rings (SSSR count). The molecule has 2 fully saturated rings. The molecule has 88 valence electrons. The first kappa shape index (κ1) is 13.1. The summed E-state index contributed by atoms with van der Waals surface area (Å²) in [6.07, 6.45) is 11.6. The maximum atomic E-state index is 2.25. The average molecular weight is 289 g/mol. The fourth-order valence-corrected chi connectivity index (χ4v) is 6.04. The van der Waals surface area contributed by atoms with Gasteiger partial charge in [0, 0.05) is 8.47 Å². The zero-order valence-electron chi connectivity index (χ0n) is 9.19. The molecule has 2 saturated heterocycles. The lowest BCUT2D eigenvalue weighted by Gasteiger charge is -2.11. The predicted molar refractivity (Wildman–Crippen MR) is 84.4 cm³/mol. The lowest BCUT2D eigenvalue weighted by atomic mass is 10.5. The van der Waals surface area contributed by atoms with E-state index in [9.17, 15) is 0 Å². The Labute approximate surface area is 115 Å². The van der Waals surface area contributed by atoms with Crippen molar-refractivity contribution in [2.24, 2.45) is 0 Å². The fourth-order valence-electron chi connectivity index (χ4n) is 1.35. The van der Waals surface area contributed by atoms with Crippen LogP contribution in [0.5, 0.6) is 0 Å². The van der Waals surface area contributed by atoms with E-state index in [1.807, 2.05) is 47.0 Å². The van der Waals surface area contributed by atoms with Crippen molar-refractivity contribution in [1.29, 1.82) is 0 Å². The van der Waals surface area contributed by atoms with E-state index < -0.39 is 0 Å². The maximum absolute atomic E-state index is 2.25. The molecule has 0 unspecified atom stereocenters. The number of thioether (sulfide) groups is 4. The average Bonchev–Trinajstić information content (AvgIpc) is 2.37. The van der Waals surface area contributed by atoms with Crippen LogP contribution in [0.3, 0.4) is 0 Å². The molecule has 2 aliphatic rings. The molecule has 16 heavy (non-hydrogen) atoms. The molecule has 0 bridgehead atoms. The molecular weight excluding hydrogens is 272 g/mol. The zero-order chi connectivity index (χ0) is 11.1. The van der Waals surface area contributed by atoms with Crippen molar-refractivity contribution >= 4 is 47.0 Å². The van der Waals surface area contributed by atoms with Crippen LogP contribution in [0.25, 0.3) is 0 Å². The van der Waals surface area contributed by atoms with Gasteiger partial charge >= 0.3 is 0 Å². The molecule has 2 heterocycles. The van der Waals surface area contributed by atoms with Crippen LogP contribution in [0.15, 0.2) is 32.8 Å². The summed E-state index contributed by atoms with van der Waals surface area (Å²) in [6, 6.07) is 0. The molecule has 0 aromatic rings. The second-order valence-electron chi connectivity index (χ2n) is 3.46. The van der Waals surface area contributed by atoms with Gasteiger partial charge in [0.25, 0.3) is 0 Å². The third-order valence-electron chi connectivity index (χ3n) is 2.13. The van der Waals surface area contributed by atoms with Crippen LogP contribution < -0.4 is 0 Å². The highest BCUT2D eigenvalue weighted by Gasteiger charge is 2.05. The van der Waals surface area contributed by atoms with Crippen molar-refractivity contribution in [1.82, 2.24) is 0 Å². The summed E-state index contributed by atoms with van der Waals surface area (Å²) in [5, 5.41) is 0. The molecule has 0 aromatic heterocycles. The molecule has 0 nitrogen and oxygen atoms in total. The van der Waals surface area contributed by atoms with E-state index in [1.165, 1.54) is 44.3 Å². The number of hydrogen-bond acceptors (Lipinski definition) is 4. The Bertz CT molecular complexity index is 258. The first-order chi connectivity index (χ1) is 7.95. The summed E-state index contributed by atoms with van der Waals surface area (Å²) >= 11 is 7.96. The van der Waals surface area contributed by atoms with Gasteiger partial charge in [-0.1, -0.05) is 12.2 Å². The van der Waals surface area contributed by atoms with E-state index in [1.54, 1.807) is 0 Å². The molecule has 2 aliphatic heterocycles. The Hall–Kier alpha value is 0.620. The van der Waals surface area contributed by atoms with Gasteiger partial charge in [-0.15, -0.1) is 47.0 Å². The van der Waals surface area contributed by atoms with Crippen molar-refractivity contribution in [3.63, 3.8) is 0 Å². The van der Waals surface area contributed by atoms with Crippen LogP contribution in [-0.2, 0) is 0 Å². The third-order valence-corrected chi connectivity index (χ3v) is 7.20. The summed E-state index contributed by atoms with van der Waals surface area (Å²) in [5.74, 6) is 5.16. The molecule has 0 saturated carbocycles. The molecular formula is C12H16S4. The van der Waals surface area contributed by atoms with Crippen molar-refractivity contribution in [2.75, 3.05) is 23.0 Å². The van der Waals surface area contributed by atoms with E-state index in [0.29, 0.717) is 0 Å². The summed E-state index contributed by atoms with van der Waals surface area (Å²) in [7, 11) is 0. The van der Waals surface area contributed by atoms with Crippen molar-refractivity contribution in [2.45, 2.75) is 12.8 Å². The molecule has 0 radical (unpaired) electrons. The molecule has 0 N–H and O–H groups in total. The minimum atomic E-state index is 1.29. The highest BCUT2D eigenvalue weighted by Crippen LogP contribution is 2.35. The van der Waals surface area contributed by atoms with Crippen LogP contribution >= 0.6 is 47.0 Å². The van der Waals surface area contributed by atoms with Crippen LogP contribution in [0.1, 0.15) is 12.8 Å². The van der Waals surface area contributed by atoms with Gasteiger partial charge in [0.15, 0.2) is 0 Å². The molecule has 0 amide bonds. The lowest BCUT2D eigenvalue weighted by molar-refractivity contribution is 1.12. The Morgan fingerprint density at radius 3 is 1.38 bits per heavy atom. The van der Waals surface area contributed by atoms with E-state index in [0.717, 1.165) is 0 Å². The molecule has 0 aliphatic carbocycles. The normalized spacial score (nSPS) is 22.5. The van der Waals surface area contributed by atoms with Crippen LogP contribution in [0, 0.1) is 0 Å². The van der Waals surface area contributed by atoms with Gasteiger partial charge in [0.2, 0.25) is 0 Å². The van der Waals surface area contributed by atoms with Gasteiger partial charge in [0.1, 0.15) is 0 Å². The minimum Gasteiger partial charge on any atom is -0.119 e. The van der Waals surface area contributed by atoms with Crippen molar-refractivity contribution in [3.8, 4) is 0 Å². The topological polar surface area (TPSA) is 0 Å². The largest absolute Gasteiger partial charge is 0.119 e. The van der Waals surface area contributed by atoms with Crippen molar-refractivity contribution < 1.29 is 0 Å². The summed E-state index contributed by atoms with van der Waals surface area (Å²) in [5.41, 5.74) is 0. The maximum Gasteiger partial charge on any atom is 0.0400 e.